The first-order valence-corrected chi connectivity index (χ1v) is 10.5. The number of hydrogen-bond donors (Lipinski definition) is 3. The Kier molecular flexibility index (Phi) is 6.53. The monoisotopic (exact) mass is 439 g/mol. The number of carbonyl (C=O) groups is 2. The number of amides is 2. The molecular weight excluding hydrogens is 418 g/mol. The predicted molar refractivity (Wildman–Crippen MR) is 133 cm³/mol. The molecule has 0 atom stereocenters. The van der Waals surface area contributed by atoms with Crippen LogP contribution in [0.5, 0.6) is 0 Å². The quantitative estimate of drug-likeness (QED) is 0.376. The first kappa shape index (κ1) is 21.2. The zero-order valence-electron chi connectivity index (χ0n) is 17.2. The first-order chi connectivity index (χ1) is 15.6. The summed E-state index contributed by atoms with van der Waals surface area (Å²) in [5, 5.41) is 10.8. The van der Waals surface area contributed by atoms with Crippen molar-refractivity contribution in [1.82, 2.24) is 5.32 Å². The van der Waals surface area contributed by atoms with Crippen molar-refractivity contribution < 1.29 is 9.59 Å². The molecule has 0 fully saturated rings. The molecule has 0 aliphatic heterocycles. The summed E-state index contributed by atoms with van der Waals surface area (Å²) in [5.74, 6) is -0.367. The lowest BCUT2D eigenvalue weighted by atomic mass is 10.1. The maximum Gasteiger partial charge on any atom is 0.257 e. The van der Waals surface area contributed by atoms with Crippen LogP contribution in [0.25, 0.3) is 10.8 Å². The average molecular weight is 440 g/mol. The van der Waals surface area contributed by atoms with E-state index >= 15 is 0 Å². The molecule has 0 aromatic heterocycles. The second-order valence-corrected chi connectivity index (χ2v) is 7.67. The van der Waals surface area contributed by atoms with Crippen molar-refractivity contribution in [3.63, 3.8) is 0 Å². The summed E-state index contributed by atoms with van der Waals surface area (Å²) < 4.78 is 0. The van der Waals surface area contributed by atoms with E-state index in [1.165, 1.54) is 0 Å². The molecule has 0 aliphatic carbocycles. The van der Waals surface area contributed by atoms with E-state index < -0.39 is 0 Å². The Balaban J connectivity index is 1.31. The van der Waals surface area contributed by atoms with Gasteiger partial charge in [0.2, 0.25) is 5.91 Å². The smallest absolute Gasteiger partial charge is 0.257 e. The molecule has 0 heterocycles. The molecule has 4 aromatic carbocycles. The molecular formula is C26H21N3O2S. The zero-order chi connectivity index (χ0) is 22.3. The van der Waals surface area contributed by atoms with Crippen molar-refractivity contribution in [3.05, 3.63) is 108 Å². The molecule has 4 aromatic rings. The van der Waals surface area contributed by atoms with Crippen LogP contribution in [0.4, 0.5) is 11.4 Å². The molecule has 0 spiro atoms. The minimum atomic E-state index is -0.280. The van der Waals surface area contributed by atoms with Crippen molar-refractivity contribution in [2.24, 2.45) is 0 Å². The number of anilines is 2. The summed E-state index contributed by atoms with van der Waals surface area (Å²) in [6, 6.07) is 30.1. The summed E-state index contributed by atoms with van der Waals surface area (Å²) >= 11 is 5.27. The van der Waals surface area contributed by atoms with E-state index in [-0.39, 0.29) is 16.9 Å². The van der Waals surface area contributed by atoms with Gasteiger partial charge in [0, 0.05) is 16.9 Å². The van der Waals surface area contributed by atoms with Crippen molar-refractivity contribution in [1.29, 1.82) is 0 Å². The second kappa shape index (κ2) is 9.85. The highest BCUT2D eigenvalue weighted by atomic mass is 32.1. The molecule has 0 unspecified atom stereocenters. The number of hydrogen-bond acceptors (Lipinski definition) is 3. The predicted octanol–water partition coefficient (Wildman–Crippen LogP) is 5.15. The molecule has 5 nitrogen and oxygen atoms in total. The van der Waals surface area contributed by atoms with Gasteiger partial charge in [-0.15, -0.1) is 0 Å². The molecule has 0 aliphatic rings. The van der Waals surface area contributed by atoms with Crippen molar-refractivity contribution in [2.75, 3.05) is 10.6 Å². The molecule has 0 saturated carbocycles. The molecule has 3 N–H and O–H groups in total. The summed E-state index contributed by atoms with van der Waals surface area (Å²) in [6.45, 7) is 0. The van der Waals surface area contributed by atoms with Gasteiger partial charge in [0.25, 0.3) is 5.91 Å². The van der Waals surface area contributed by atoms with Gasteiger partial charge in [-0.25, -0.2) is 0 Å². The van der Waals surface area contributed by atoms with E-state index in [0.29, 0.717) is 23.4 Å². The minimum absolute atomic E-state index is 0.0879. The van der Waals surface area contributed by atoms with Crippen LogP contribution in [-0.2, 0) is 11.2 Å². The van der Waals surface area contributed by atoms with Crippen LogP contribution >= 0.6 is 12.2 Å². The standard InChI is InChI=1S/C26H21N3O2S/c30-24(16-18-6-2-1-3-7-18)27-22-12-14-23(15-13-22)28-26(32)29-25(31)21-11-10-19-8-4-5-9-20(19)17-21/h1-15,17H,16H2,(H,27,30)(H2,28,29,31,32). The number of nitrogens with one attached hydrogen (secondary N) is 3. The fraction of sp³-hybridized carbons (Fsp3) is 0.0385. The van der Waals surface area contributed by atoms with Gasteiger partial charge in [-0.1, -0.05) is 60.7 Å². The van der Waals surface area contributed by atoms with Gasteiger partial charge in [-0.2, -0.15) is 0 Å². The van der Waals surface area contributed by atoms with Gasteiger partial charge in [-0.3, -0.25) is 14.9 Å². The van der Waals surface area contributed by atoms with E-state index in [0.717, 1.165) is 16.3 Å². The first-order valence-electron chi connectivity index (χ1n) is 10.1. The molecule has 4 rings (SSSR count). The zero-order valence-corrected chi connectivity index (χ0v) is 18.0. The van der Waals surface area contributed by atoms with Crippen LogP contribution in [-0.4, -0.2) is 16.9 Å². The van der Waals surface area contributed by atoms with Crippen LogP contribution in [0.2, 0.25) is 0 Å². The van der Waals surface area contributed by atoms with Crippen LogP contribution in [0.15, 0.2) is 97.1 Å². The van der Waals surface area contributed by atoms with Crippen LogP contribution in [0, 0.1) is 0 Å². The normalized spacial score (nSPS) is 10.4. The van der Waals surface area contributed by atoms with Gasteiger partial charge < -0.3 is 10.6 Å². The lowest BCUT2D eigenvalue weighted by Crippen LogP contribution is -2.34. The number of fused-ring (bicyclic) bond motifs is 1. The Morgan fingerprint density at radius 1 is 0.688 bits per heavy atom. The molecule has 0 radical (unpaired) electrons. The number of thiocarbonyl (C=S) groups is 1. The van der Waals surface area contributed by atoms with Gasteiger partial charge in [0.1, 0.15) is 0 Å². The van der Waals surface area contributed by atoms with E-state index in [1.54, 1.807) is 30.3 Å². The maximum atomic E-state index is 12.5. The van der Waals surface area contributed by atoms with E-state index in [1.807, 2.05) is 66.7 Å². The minimum Gasteiger partial charge on any atom is -0.332 e. The summed E-state index contributed by atoms with van der Waals surface area (Å²) in [6.07, 6.45) is 0.311. The maximum absolute atomic E-state index is 12.5. The topological polar surface area (TPSA) is 70.2 Å². The fourth-order valence-corrected chi connectivity index (χ4v) is 3.50. The van der Waals surface area contributed by atoms with Crippen molar-refractivity contribution in [2.45, 2.75) is 6.42 Å². The van der Waals surface area contributed by atoms with Crippen molar-refractivity contribution >= 4 is 51.3 Å². The van der Waals surface area contributed by atoms with E-state index in [9.17, 15) is 9.59 Å². The highest BCUT2D eigenvalue weighted by molar-refractivity contribution is 7.80. The Morgan fingerprint density at radius 2 is 1.31 bits per heavy atom. The molecule has 32 heavy (non-hydrogen) atoms. The van der Waals surface area contributed by atoms with Crippen LogP contribution in [0.3, 0.4) is 0 Å². The Morgan fingerprint density at radius 3 is 2.03 bits per heavy atom. The largest absolute Gasteiger partial charge is 0.332 e. The Bertz CT molecular complexity index is 1270. The van der Waals surface area contributed by atoms with Gasteiger partial charge in [0.15, 0.2) is 5.11 Å². The summed E-state index contributed by atoms with van der Waals surface area (Å²) in [4.78, 5) is 24.7. The van der Waals surface area contributed by atoms with Gasteiger partial charge in [-0.05, 0) is 65.0 Å². The highest BCUT2D eigenvalue weighted by Crippen LogP contribution is 2.16. The number of carbonyl (C=O) groups excluding carboxylic acids is 2. The molecule has 0 saturated heterocycles. The Labute approximate surface area is 191 Å². The highest BCUT2D eigenvalue weighted by Gasteiger charge is 2.09. The summed E-state index contributed by atoms with van der Waals surface area (Å²) in [5.41, 5.74) is 2.87. The third kappa shape index (κ3) is 5.56. The van der Waals surface area contributed by atoms with Gasteiger partial charge >= 0.3 is 0 Å². The SMILES string of the molecule is O=C(Cc1ccccc1)Nc1ccc(NC(=S)NC(=O)c2ccc3ccccc3c2)cc1. The number of rotatable bonds is 5. The molecule has 2 amide bonds. The average Bonchev–Trinajstić information content (AvgIpc) is 2.80. The third-order valence-electron chi connectivity index (χ3n) is 4.87. The fourth-order valence-electron chi connectivity index (χ4n) is 3.29. The Hall–Kier alpha value is -4.03. The molecule has 158 valence electrons. The molecule has 0 bridgehead atoms. The lowest BCUT2D eigenvalue weighted by Gasteiger charge is -2.11. The lowest BCUT2D eigenvalue weighted by molar-refractivity contribution is -0.115. The van der Waals surface area contributed by atoms with Crippen LogP contribution < -0.4 is 16.0 Å². The summed E-state index contributed by atoms with van der Waals surface area (Å²) in [7, 11) is 0. The van der Waals surface area contributed by atoms with E-state index in [4.69, 9.17) is 12.2 Å². The van der Waals surface area contributed by atoms with Crippen LogP contribution in [0.1, 0.15) is 15.9 Å². The molecule has 6 heteroatoms. The number of benzene rings is 4. The third-order valence-corrected chi connectivity index (χ3v) is 5.08. The van der Waals surface area contributed by atoms with E-state index in [2.05, 4.69) is 16.0 Å². The second-order valence-electron chi connectivity index (χ2n) is 7.26. The van der Waals surface area contributed by atoms with Gasteiger partial charge in [0.05, 0.1) is 6.42 Å². The van der Waals surface area contributed by atoms with Crippen molar-refractivity contribution in [3.8, 4) is 0 Å².